The monoisotopic (exact) mass is 373 g/mol. The lowest BCUT2D eigenvalue weighted by atomic mass is 9.78. The maximum absolute atomic E-state index is 11.8. The van der Waals surface area contributed by atoms with Crippen molar-refractivity contribution in [1.82, 2.24) is 4.90 Å². The van der Waals surface area contributed by atoms with Crippen molar-refractivity contribution >= 4 is 10.8 Å². The Kier molecular flexibility index (Phi) is 4.37. The highest BCUT2D eigenvalue weighted by molar-refractivity contribution is 5.91. The molecule has 2 aliphatic heterocycles. The van der Waals surface area contributed by atoms with E-state index in [2.05, 4.69) is 53.4 Å². The van der Waals surface area contributed by atoms with Crippen LogP contribution in [0.1, 0.15) is 36.8 Å². The standard InChI is InChI=1S/C25H27NO2/c1-28-24-14-13-23(21-9-5-6-10-22(21)24)25(27)15-19-11-12-20(16-25)26(19)17-18-7-3-2-4-8-18/h2-10,13-14,19-20,27H,11-12,15-17H2,1H3. The molecule has 2 atom stereocenters. The SMILES string of the molecule is COc1ccc(C2(O)CC3CCC(C2)N3Cc2ccccc2)c2ccccc12. The van der Waals surface area contributed by atoms with E-state index in [4.69, 9.17) is 4.74 Å². The van der Waals surface area contributed by atoms with Gasteiger partial charge in [-0.15, -0.1) is 0 Å². The Morgan fingerprint density at radius 3 is 2.21 bits per heavy atom. The first-order valence-corrected chi connectivity index (χ1v) is 10.3. The molecule has 5 rings (SSSR count). The molecule has 144 valence electrons. The summed E-state index contributed by atoms with van der Waals surface area (Å²) in [7, 11) is 1.71. The second-order valence-corrected chi connectivity index (χ2v) is 8.34. The summed E-state index contributed by atoms with van der Waals surface area (Å²) in [6.07, 6.45) is 3.95. The molecule has 0 saturated carbocycles. The molecule has 3 aromatic rings. The zero-order valence-electron chi connectivity index (χ0n) is 16.3. The summed E-state index contributed by atoms with van der Waals surface area (Å²) in [5.74, 6) is 0.868. The molecule has 1 N–H and O–H groups in total. The van der Waals surface area contributed by atoms with Gasteiger partial charge in [0.25, 0.3) is 0 Å². The molecule has 0 amide bonds. The summed E-state index contributed by atoms with van der Waals surface area (Å²) in [6, 6.07) is 23.9. The summed E-state index contributed by atoms with van der Waals surface area (Å²) in [4.78, 5) is 2.62. The fraction of sp³-hybridized carbons (Fsp3) is 0.360. The highest BCUT2D eigenvalue weighted by atomic mass is 16.5. The summed E-state index contributed by atoms with van der Waals surface area (Å²) < 4.78 is 5.55. The number of piperidine rings is 1. The topological polar surface area (TPSA) is 32.7 Å². The lowest BCUT2D eigenvalue weighted by Crippen LogP contribution is -2.49. The molecule has 0 spiro atoms. The van der Waals surface area contributed by atoms with Gasteiger partial charge in [0.2, 0.25) is 0 Å². The molecule has 2 bridgehead atoms. The first kappa shape index (κ1) is 17.7. The number of methoxy groups -OCH3 is 1. The van der Waals surface area contributed by atoms with Crippen molar-refractivity contribution < 1.29 is 9.84 Å². The number of benzene rings is 3. The molecule has 2 fully saturated rings. The van der Waals surface area contributed by atoms with Crippen molar-refractivity contribution in [2.24, 2.45) is 0 Å². The Labute approximate surface area is 166 Å². The molecule has 3 aromatic carbocycles. The molecule has 2 unspecified atom stereocenters. The maximum atomic E-state index is 11.8. The van der Waals surface area contributed by atoms with Gasteiger partial charge in [0.1, 0.15) is 5.75 Å². The van der Waals surface area contributed by atoms with E-state index in [0.29, 0.717) is 12.1 Å². The molecule has 2 heterocycles. The predicted molar refractivity (Wildman–Crippen MR) is 112 cm³/mol. The number of ether oxygens (including phenoxy) is 1. The summed E-state index contributed by atoms with van der Waals surface area (Å²) in [5, 5.41) is 14.0. The van der Waals surface area contributed by atoms with E-state index in [0.717, 1.165) is 41.5 Å². The van der Waals surface area contributed by atoms with Gasteiger partial charge >= 0.3 is 0 Å². The van der Waals surface area contributed by atoms with Crippen LogP contribution in [0.4, 0.5) is 0 Å². The van der Waals surface area contributed by atoms with Gasteiger partial charge in [-0.3, -0.25) is 4.90 Å². The van der Waals surface area contributed by atoms with Crippen LogP contribution in [0.2, 0.25) is 0 Å². The molecule has 3 heteroatoms. The zero-order valence-corrected chi connectivity index (χ0v) is 16.3. The summed E-state index contributed by atoms with van der Waals surface area (Å²) in [6.45, 7) is 0.982. The van der Waals surface area contributed by atoms with Crippen LogP contribution in [-0.4, -0.2) is 29.2 Å². The fourth-order valence-electron chi connectivity index (χ4n) is 5.44. The third-order valence-corrected chi connectivity index (χ3v) is 6.73. The van der Waals surface area contributed by atoms with Crippen molar-refractivity contribution in [2.45, 2.75) is 49.9 Å². The predicted octanol–water partition coefficient (Wildman–Crippen LogP) is 4.86. The first-order chi connectivity index (χ1) is 13.7. The third-order valence-electron chi connectivity index (χ3n) is 6.73. The van der Waals surface area contributed by atoms with Crippen molar-refractivity contribution in [3.8, 4) is 5.75 Å². The van der Waals surface area contributed by atoms with Crippen molar-refractivity contribution in [1.29, 1.82) is 0 Å². The minimum absolute atomic E-state index is 0.435. The van der Waals surface area contributed by atoms with Gasteiger partial charge in [-0.1, -0.05) is 60.7 Å². The number of hydrogen-bond acceptors (Lipinski definition) is 3. The molecule has 0 aromatic heterocycles. The number of hydrogen-bond donors (Lipinski definition) is 1. The van der Waals surface area contributed by atoms with Crippen LogP contribution in [0.15, 0.2) is 66.7 Å². The van der Waals surface area contributed by atoms with Crippen LogP contribution in [-0.2, 0) is 12.1 Å². The molecule has 28 heavy (non-hydrogen) atoms. The molecule has 3 nitrogen and oxygen atoms in total. The van der Waals surface area contributed by atoms with E-state index < -0.39 is 5.60 Å². The Morgan fingerprint density at radius 1 is 0.893 bits per heavy atom. The fourth-order valence-corrected chi connectivity index (χ4v) is 5.44. The van der Waals surface area contributed by atoms with E-state index in [1.807, 2.05) is 18.2 Å². The Morgan fingerprint density at radius 2 is 1.54 bits per heavy atom. The summed E-state index contributed by atoms with van der Waals surface area (Å²) >= 11 is 0. The van der Waals surface area contributed by atoms with Gasteiger partial charge in [0.15, 0.2) is 0 Å². The molecule has 0 aliphatic carbocycles. The average molecular weight is 373 g/mol. The molecular weight excluding hydrogens is 346 g/mol. The van der Waals surface area contributed by atoms with Gasteiger partial charge < -0.3 is 9.84 Å². The molecular formula is C25H27NO2. The molecule has 2 saturated heterocycles. The van der Waals surface area contributed by atoms with Crippen LogP contribution in [0.3, 0.4) is 0 Å². The van der Waals surface area contributed by atoms with Crippen molar-refractivity contribution in [3.05, 3.63) is 77.9 Å². The van der Waals surface area contributed by atoms with Gasteiger partial charge in [0.05, 0.1) is 12.7 Å². The van der Waals surface area contributed by atoms with Gasteiger partial charge in [-0.05, 0) is 48.3 Å². The highest BCUT2D eigenvalue weighted by Gasteiger charge is 2.48. The van der Waals surface area contributed by atoms with E-state index in [1.165, 1.54) is 18.4 Å². The van der Waals surface area contributed by atoms with Gasteiger partial charge in [-0.25, -0.2) is 0 Å². The largest absolute Gasteiger partial charge is 0.496 e. The Balaban J connectivity index is 1.48. The lowest BCUT2D eigenvalue weighted by molar-refractivity contribution is -0.0585. The maximum Gasteiger partial charge on any atom is 0.126 e. The van der Waals surface area contributed by atoms with E-state index in [9.17, 15) is 5.11 Å². The Hall–Kier alpha value is -2.36. The van der Waals surface area contributed by atoms with Crippen LogP contribution >= 0.6 is 0 Å². The van der Waals surface area contributed by atoms with E-state index in [1.54, 1.807) is 7.11 Å². The van der Waals surface area contributed by atoms with Gasteiger partial charge in [0, 0.05) is 24.0 Å². The average Bonchev–Trinajstić information content (AvgIpc) is 2.97. The minimum Gasteiger partial charge on any atom is -0.496 e. The number of nitrogens with zero attached hydrogens (tertiary/aromatic N) is 1. The van der Waals surface area contributed by atoms with Crippen LogP contribution in [0.25, 0.3) is 10.8 Å². The van der Waals surface area contributed by atoms with Crippen molar-refractivity contribution in [2.75, 3.05) is 7.11 Å². The molecule has 2 aliphatic rings. The zero-order chi connectivity index (χ0) is 19.1. The summed E-state index contributed by atoms with van der Waals surface area (Å²) in [5.41, 5.74) is 1.64. The second-order valence-electron chi connectivity index (χ2n) is 8.34. The minimum atomic E-state index is -0.773. The number of rotatable bonds is 4. The van der Waals surface area contributed by atoms with Gasteiger partial charge in [-0.2, -0.15) is 0 Å². The Bertz CT molecular complexity index is 970. The van der Waals surface area contributed by atoms with Crippen LogP contribution in [0, 0.1) is 0 Å². The van der Waals surface area contributed by atoms with Crippen LogP contribution < -0.4 is 4.74 Å². The quantitative estimate of drug-likeness (QED) is 0.709. The molecule has 0 radical (unpaired) electrons. The first-order valence-electron chi connectivity index (χ1n) is 10.3. The number of aliphatic hydroxyl groups is 1. The smallest absolute Gasteiger partial charge is 0.126 e. The normalized spacial score (nSPS) is 27.2. The number of fused-ring (bicyclic) bond motifs is 3. The van der Waals surface area contributed by atoms with E-state index >= 15 is 0 Å². The lowest BCUT2D eigenvalue weighted by Gasteiger charge is -2.44. The van der Waals surface area contributed by atoms with Crippen LogP contribution in [0.5, 0.6) is 5.75 Å². The highest BCUT2D eigenvalue weighted by Crippen LogP contribution is 2.48. The second kappa shape index (κ2) is 6.91. The third kappa shape index (κ3) is 2.90. The van der Waals surface area contributed by atoms with Crippen molar-refractivity contribution in [3.63, 3.8) is 0 Å². The van der Waals surface area contributed by atoms with E-state index in [-0.39, 0.29) is 0 Å².